The van der Waals surface area contributed by atoms with E-state index < -0.39 is 11.5 Å². The van der Waals surface area contributed by atoms with Gasteiger partial charge in [-0.25, -0.2) is 0 Å². The highest BCUT2D eigenvalue weighted by molar-refractivity contribution is 5.69. The maximum absolute atomic E-state index is 11.2. The molecule has 0 aromatic heterocycles. The Morgan fingerprint density at radius 2 is 2.05 bits per heavy atom. The van der Waals surface area contributed by atoms with Gasteiger partial charge in [0.1, 0.15) is 0 Å². The van der Waals surface area contributed by atoms with Crippen molar-refractivity contribution < 1.29 is 19.4 Å². The molecule has 0 spiro atoms. The van der Waals surface area contributed by atoms with Gasteiger partial charge in [0.15, 0.2) is 11.5 Å². The van der Waals surface area contributed by atoms with Crippen molar-refractivity contribution in [2.45, 2.75) is 38.6 Å². The van der Waals surface area contributed by atoms with Crippen LogP contribution < -0.4 is 14.8 Å². The fourth-order valence-corrected chi connectivity index (χ4v) is 2.48. The van der Waals surface area contributed by atoms with E-state index in [0.717, 1.165) is 30.7 Å². The fraction of sp³-hybridized carbons (Fsp3) is 0.562. The molecule has 0 radical (unpaired) electrons. The lowest BCUT2D eigenvalue weighted by Crippen LogP contribution is -2.41. The summed E-state index contributed by atoms with van der Waals surface area (Å²) in [5.74, 6) is 0.595. The Bertz CT molecular complexity index is 503. The number of fused-ring (bicyclic) bond motifs is 1. The predicted molar refractivity (Wildman–Crippen MR) is 79.9 cm³/mol. The van der Waals surface area contributed by atoms with Gasteiger partial charge >= 0.3 is 5.97 Å². The molecule has 21 heavy (non-hydrogen) atoms. The monoisotopic (exact) mass is 293 g/mol. The number of hydrogen-bond acceptors (Lipinski definition) is 4. The fourth-order valence-electron chi connectivity index (χ4n) is 2.48. The zero-order valence-electron chi connectivity index (χ0n) is 12.6. The Labute approximate surface area is 125 Å². The largest absolute Gasteiger partial charge is 0.490 e. The molecular weight excluding hydrogens is 270 g/mol. The first-order chi connectivity index (χ1) is 10.0. The highest BCUT2D eigenvalue weighted by Gasteiger charge is 2.30. The standard InChI is InChI=1S/C16H23NO4/c1-3-7-17-16(2,11-15(18)19)12-5-6-13-14(10-12)21-9-4-8-20-13/h5-6,10,17H,3-4,7-9,11H2,1-2H3,(H,18,19). The zero-order valence-corrected chi connectivity index (χ0v) is 12.6. The minimum Gasteiger partial charge on any atom is -0.490 e. The molecule has 1 aliphatic rings. The number of carbonyl (C=O) groups is 1. The van der Waals surface area contributed by atoms with Crippen molar-refractivity contribution in [2.75, 3.05) is 19.8 Å². The normalized spacial score (nSPS) is 16.9. The van der Waals surface area contributed by atoms with Crippen LogP contribution in [0.3, 0.4) is 0 Å². The molecule has 1 heterocycles. The molecule has 0 saturated heterocycles. The number of carboxylic acids is 1. The SMILES string of the molecule is CCCNC(C)(CC(=O)O)c1ccc2c(c1)OCCCO2. The molecule has 116 valence electrons. The van der Waals surface area contributed by atoms with Crippen LogP contribution in [0.1, 0.15) is 38.7 Å². The molecule has 0 saturated carbocycles. The van der Waals surface area contributed by atoms with E-state index in [-0.39, 0.29) is 6.42 Å². The van der Waals surface area contributed by atoms with E-state index in [1.807, 2.05) is 25.1 Å². The highest BCUT2D eigenvalue weighted by Crippen LogP contribution is 2.35. The number of rotatable bonds is 6. The second-order valence-electron chi connectivity index (χ2n) is 5.54. The van der Waals surface area contributed by atoms with Crippen LogP contribution in [0, 0.1) is 0 Å². The Morgan fingerprint density at radius 3 is 2.71 bits per heavy atom. The molecule has 1 unspecified atom stereocenters. The Balaban J connectivity index is 2.31. The second kappa shape index (κ2) is 6.80. The van der Waals surface area contributed by atoms with Crippen LogP contribution >= 0.6 is 0 Å². The summed E-state index contributed by atoms with van der Waals surface area (Å²) in [4.78, 5) is 11.2. The second-order valence-corrected chi connectivity index (χ2v) is 5.54. The van der Waals surface area contributed by atoms with E-state index in [1.165, 1.54) is 0 Å². The molecule has 2 rings (SSSR count). The lowest BCUT2D eigenvalue weighted by molar-refractivity contribution is -0.138. The number of aliphatic carboxylic acids is 1. The summed E-state index contributed by atoms with van der Waals surface area (Å²) >= 11 is 0. The Kier molecular flexibility index (Phi) is 5.07. The van der Waals surface area contributed by atoms with Crippen LogP contribution in [-0.2, 0) is 10.3 Å². The van der Waals surface area contributed by atoms with E-state index in [0.29, 0.717) is 19.0 Å². The molecule has 1 aromatic rings. The topological polar surface area (TPSA) is 67.8 Å². The molecular formula is C16H23NO4. The summed E-state index contributed by atoms with van der Waals surface area (Å²) in [6.45, 7) is 6.00. The van der Waals surface area contributed by atoms with Crippen molar-refractivity contribution in [3.63, 3.8) is 0 Å². The molecule has 5 nitrogen and oxygen atoms in total. The van der Waals surface area contributed by atoms with Crippen LogP contribution in [-0.4, -0.2) is 30.8 Å². The van der Waals surface area contributed by atoms with E-state index in [2.05, 4.69) is 12.2 Å². The summed E-state index contributed by atoms with van der Waals surface area (Å²) in [5, 5.41) is 12.5. The molecule has 1 aromatic carbocycles. The van der Waals surface area contributed by atoms with Crippen molar-refractivity contribution in [1.82, 2.24) is 5.32 Å². The van der Waals surface area contributed by atoms with Crippen LogP contribution in [0.2, 0.25) is 0 Å². The third kappa shape index (κ3) is 3.88. The molecule has 5 heteroatoms. The van der Waals surface area contributed by atoms with E-state index in [1.54, 1.807) is 0 Å². The minimum atomic E-state index is -0.826. The number of nitrogens with one attached hydrogen (secondary N) is 1. The van der Waals surface area contributed by atoms with Gasteiger partial charge < -0.3 is 19.9 Å². The third-order valence-corrected chi connectivity index (χ3v) is 3.65. The van der Waals surface area contributed by atoms with Gasteiger partial charge in [-0.2, -0.15) is 0 Å². The molecule has 0 bridgehead atoms. The van der Waals surface area contributed by atoms with E-state index in [9.17, 15) is 9.90 Å². The molecule has 0 amide bonds. The summed E-state index contributed by atoms with van der Waals surface area (Å²) in [6, 6.07) is 5.68. The van der Waals surface area contributed by atoms with Gasteiger partial charge in [-0.3, -0.25) is 4.79 Å². The number of ether oxygens (including phenoxy) is 2. The highest BCUT2D eigenvalue weighted by atomic mass is 16.5. The van der Waals surface area contributed by atoms with Crippen LogP contribution in [0.4, 0.5) is 0 Å². The number of carboxylic acid groups (broad SMARTS) is 1. The van der Waals surface area contributed by atoms with Gasteiger partial charge in [0.2, 0.25) is 0 Å². The molecule has 0 fully saturated rings. The van der Waals surface area contributed by atoms with Gasteiger partial charge in [0, 0.05) is 6.42 Å². The molecule has 1 atom stereocenters. The predicted octanol–water partition coefficient (Wildman–Crippen LogP) is 2.54. The van der Waals surface area contributed by atoms with Crippen LogP contribution in [0.5, 0.6) is 11.5 Å². The van der Waals surface area contributed by atoms with Gasteiger partial charge in [-0.15, -0.1) is 0 Å². The van der Waals surface area contributed by atoms with Gasteiger partial charge in [0.25, 0.3) is 0 Å². The van der Waals surface area contributed by atoms with Crippen LogP contribution in [0.15, 0.2) is 18.2 Å². The van der Waals surface area contributed by atoms with Gasteiger partial charge in [0.05, 0.1) is 25.2 Å². The van der Waals surface area contributed by atoms with E-state index in [4.69, 9.17) is 9.47 Å². The lowest BCUT2D eigenvalue weighted by Gasteiger charge is -2.30. The summed E-state index contributed by atoms with van der Waals surface area (Å²) in [7, 11) is 0. The Hall–Kier alpha value is -1.75. The maximum Gasteiger partial charge on any atom is 0.305 e. The first kappa shape index (κ1) is 15.6. The van der Waals surface area contributed by atoms with Crippen molar-refractivity contribution in [1.29, 1.82) is 0 Å². The summed E-state index contributed by atoms with van der Waals surface area (Å²) < 4.78 is 11.3. The van der Waals surface area contributed by atoms with Crippen molar-refractivity contribution in [3.05, 3.63) is 23.8 Å². The third-order valence-electron chi connectivity index (χ3n) is 3.65. The minimum absolute atomic E-state index is 0.0205. The van der Waals surface area contributed by atoms with Crippen molar-refractivity contribution in [2.24, 2.45) is 0 Å². The maximum atomic E-state index is 11.2. The quantitative estimate of drug-likeness (QED) is 0.843. The summed E-state index contributed by atoms with van der Waals surface area (Å²) in [5.41, 5.74) is 0.287. The number of benzene rings is 1. The van der Waals surface area contributed by atoms with Gasteiger partial charge in [-0.1, -0.05) is 13.0 Å². The van der Waals surface area contributed by atoms with E-state index >= 15 is 0 Å². The smallest absolute Gasteiger partial charge is 0.305 e. The first-order valence-electron chi connectivity index (χ1n) is 7.42. The summed E-state index contributed by atoms with van der Waals surface area (Å²) in [6.07, 6.45) is 1.82. The van der Waals surface area contributed by atoms with Crippen molar-refractivity contribution >= 4 is 5.97 Å². The molecule has 1 aliphatic heterocycles. The molecule has 0 aliphatic carbocycles. The number of hydrogen-bond donors (Lipinski definition) is 2. The van der Waals surface area contributed by atoms with Crippen molar-refractivity contribution in [3.8, 4) is 11.5 Å². The molecule has 2 N–H and O–H groups in total. The average molecular weight is 293 g/mol. The van der Waals surface area contributed by atoms with Gasteiger partial charge in [-0.05, 0) is 37.6 Å². The lowest BCUT2D eigenvalue weighted by atomic mass is 9.88. The first-order valence-corrected chi connectivity index (χ1v) is 7.42. The zero-order chi connectivity index (χ0) is 15.3. The Morgan fingerprint density at radius 1 is 1.33 bits per heavy atom. The average Bonchev–Trinajstić information content (AvgIpc) is 2.68. The van der Waals surface area contributed by atoms with Crippen LogP contribution in [0.25, 0.3) is 0 Å².